The molecule has 36 heteroatoms. The van der Waals surface area contributed by atoms with Crippen molar-refractivity contribution < 1.29 is 176 Å². The Balaban J connectivity index is 1.33. The highest BCUT2D eigenvalue weighted by Gasteiger charge is 2.65. The van der Waals surface area contributed by atoms with Gasteiger partial charge in [0.1, 0.15) is 117 Å². The monoisotopic (exact) mass is 1410 g/mol. The minimum atomic E-state index is -3.06. The molecule has 99 heavy (non-hydrogen) atoms. The lowest BCUT2D eigenvalue weighted by Gasteiger charge is -2.51. The molecule has 0 aliphatic carbocycles. The Morgan fingerprint density at radius 1 is 0.465 bits per heavy atom. The summed E-state index contributed by atoms with van der Waals surface area (Å²) in [5.41, 5.74) is 0.278. The van der Waals surface area contributed by atoms with Crippen molar-refractivity contribution >= 4 is 48.0 Å². The van der Waals surface area contributed by atoms with E-state index in [1.54, 1.807) is 6.07 Å². The summed E-state index contributed by atoms with van der Waals surface area (Å²) < 4.78 is 101. The first-order valence-electron chi connectivity index (χ1n) is 30.5. The molecule has 0 spiro atoms. The summed E-state index contributed by atoms with van der Waals surface area (Å²) in [4.78, 5) is 81.2. The Hall–Kier alpha value is -7.64. The van der Waals surface area contributed by atoms with Crippen LogP contribution < -0.4 is 9.47 Å². The number of rotatable bonds is 27. The minimum absolute atomic E-state index is 0.00557. The summed E-state index contributed by atoms with van der Waals surface area (Å²) in [7, 11) is 2.50. The smallest absolute Gasteiger partial charge is 0.338 e. The standard InChI is InChI=1S/C63H78O36/c1-27(67)85-24-40-52(88-29(3)69)54(94-59-49(79)47(77)44(74)37(21-64)89-59)51(81)61(91-40)95-55-53(93-43(73)18-14-31-12-16-34(71)36(20-31)84-5)41(25-86-28(2)68)92-62(56(55)96-60-50(80)48(78)45(75)38(22-65)90-60)99-63(26-87-42(72)17-13-30-11-15-33(70)35(19-30)83-4)57(46(76)39(23-66)98-63)97-58(82)32-9-7-6-8-10-32/h6-20,37-41,44-57,59-62,64-66,70-71,74-81H,21-26H2,1-5H3. The second-order valence-corrected chi connectivity index (χ2v) is 22.9. The molecule has 3 aromatic rings. The zero-order chi connectivity index (χ0) is 72.2. The molecule has 24 unspecified atom stereocenters. The molecule has 8 rings (SSSR count). The molecular formula is C63H78O36. The zero-order valence-electron chi connectivity index (χ0n) is 53.4. The highest BCUT2D eigenvalue weighted by Crippen LogP contribution is 2.43. The zero-order valence-corrected chi connectivity index (χ0v) is 53.4. The number of aliphatic hydroxyl groups excluding tert-OH is 11. The average molecular weight is 1410 g/mol. The second kappa shape index (κ2) is 34.6. The van der Waals surface area contributed by atoms with E-state index in [-0.39, 0.29) is 39.7 Å². The van der Waals surface area contributed by atoms with Crippen LogP contribution in [0.2, 0.25) is 0 Å². The number of phenols is 2. The van der Waals surface area contributed by atoms with Gasteiger partial charge in [-0.1, -0.05) is 30.3 Å². The molecule has 5 fully saturated rings. The summed E-state index contributed by atoms with van der Waals surface area (Å²) in [6.45, 7) is -3.79. The fourth-order valence-corrected chi connectivity index (χ4v) is 11.1. The van der Waals surface area contributed by atoms with E-state index in [0.717, 1.165) is 39.0 Å². The van der Waals surface area contributed by atoms with Gasteiger partial charge in [0.05, 0.1) is 39.6 Å². The topological polar surface area (TPSA) is 522 Å². The van der Waals surface area contributed by atoms with E-state index in [0.29, 0.717) is 0 Å². The third-order valence-corrected chi connectivity index (χ3v) is 16.1. The van der Waals surface area contributed by atoms with Gasteiger partial charge in [-0.3, -0.25) is 14.4 Å². The first-order chi connectivity index (χ1) is 47.1. The molecule has 5 saturated heterocycles. The summed E-state index contributed by atoms with van der Waals surface area (Å²) >= 11 is 0. The normalized spacial score (nSPS) is 34.6. The Bertz CT molecular complexity index is 3270. The van der Waals surface area contributed by atoms with Crippen molar-refractivity contribution in [2.24, 2.45) is 0 Å². The lowest BCUT2D eigenvalue weighted by atomic mass is 9.95. The molecule has 5 aliphatic heterocycles. The number of aliphatic hydroxyl groups is 11. The van der Waals surface area contributed by atoms with Crippen molar-refractivity contribution in [3.63, 3.8) is 0 Å². The van der Waals surface area contributed by atoms with Gasteiger partial charge in [-0.2, -0.15) is 0 Å². The molecule has 5 heterocycles. The number of phenolic OH excluding ortho intramolecular Hbond substituents is 2. The fourth-order valence-electron chi connectivity index (χ4n) is 11.1. The lowest BCUT2D eigenvalue weighted by molar-refractivity contribution is -0.423. The van der Waals surface area contributed by atoms with Crippen molar-refractivity contribution in [1.29, 1.82) is 0 Å². The van der Waals surface area contributed by atoms with Crippen LogP contribution in [0.1, 0.15) is 42.3 Å². The number of esters is 6. The van der Waals surface area contributed by atoms with Gasteiger partial charge in [0, 0.05) is 32.9 Å². The molecule has 5 aliphatic rings. The molecule has 13 N–H and O–H groups in total. The van der Waals surface area contributed by atoms with E-state index in [1.165, 1.54) is 81.0 Å². The van der Waals surface area contributed by atoms with Gasteiger partial charge < -0.3 is 147 Å². The molecule has 36 nitrogen and oxygen atoms in total. The van der Waals surface area contributed by atoms with Crippen LogP contribution in [0.4, 0.5) is 0 Å². The molecule has 24 atom stereocenters. The first kappa shape index (κ1) is 77.1. The number of benzene rings is 3. The van der Waals surface area contributed by atoms with Crippen molar-refractivity contribution in [2.75, 3.05) is 53.9 Å². The van der Waals surface area contributed by atoms with E-state index in [9.17, 15) is 95.2 Å². The predicted octanol–water partition coefficient (Wildman–Crippen LogP) is -4.39. The van der Waals surface area contributed by atoms with Crippen LogP contribution in [0.5, 0.6) is 23.0 Å². The lowest BCUT2D eigenvalue weighted by Crippen LogP contribution is -2.70. The second-order valence-electron chi connectivity index (χ2n) is 22.9. The van der Waals surface area contributed by atoms with Gasteiger partial charge in [-0.05, 0) is 59.7 Å². The van der Waals surface area contributed by atoms with Crippen LogP contribution in [0.15, 0.2) is 78.9 Å². The molecule has 0 bridgehead atoms. The number of hydrogen-bond donors (Lipinski definition) is 13. The van der Waals surface area contributed by atoms with Gasteiger partial charge >= 0.3 is 35.8 Å². The van der Waals surface area contributed by atoms with E-state index >= 15 is 0 Å². The largest absolute Gasteiger partial charge is 0.504 e. The summed E-state index contributed by atoms with van der Waals surface area (Å²) in [5.74, 6) is -10.7. The molecular weight excluding hydrogens is 1330 g/mol. The molecule has 0 radical (unpaired) electrons. The van der Waals surface area contributed by atoms with Crippen LogP contribution in [-0.2, 0) is 95.0 Å². The maximum atomic E-state index is 14.6. The minimum Gasteiger partial charge on any atom is -0.504 e. The van der Waals surface area contributed by atoms with Gasteiger partial charge in [-0.15, -0.1) is 0 Å². The number of hydrogen-bond acceptors (Lipinski definition) is 36. The number of aromatic hydroxyl groups is 2. The van der Waals surface area contributed by atoms with Crippen molar-refractivity contribution in [2.45, 2.75) is 168 Å². The van der Waals surface area contributed by atoms with E-state index < -0.39 is 222 Å². The SMILES string of the molecule is COc1cc(C=CC(=O)OCC2(OC3OC(COC(C)=O)C(OC(=O)C=Cc4ccc(O)c(OC)c4)C(OC4OC(COC(C)=O)C(OC(C)=O)C(OC5OC(CO)C(O)C(O)C5O)C4O)C3OC3OC(CO)C(O)C(O)C3O)OC(CO)C(O)C2OC(=O)c2ccccc2)ccc1O. The summed E-state index contributed by atoms with van der Waals surface area (Å²) in [6.07, 6.45) is -46.5. The Kier molecular flexibility index (Phi) is 27.0. The molecule has 0 saturated carbocycles. The quantitative estimate of drug-likeness (QED) is 0.0195. The van der Waals surface area contributed by atoms with Crippen LogP contribution in [0, 0.1) is 0 Å². The van der Waals surface area contributed by atoms with Gasteiger partial charge in [0.2, 0.25) is 5.79 Å². The number of carbonyl (C=O) groups excluding carboxylic acids is 6. The van der Waals surface area contributed by atoms with Crippen LogP contribution in [0.3, 0.4) is 0 Å². The van der Waals surface area contributed by atoms with Crippen LogP contribution >= 0.6 is 0 Å². The number of ether oxygens (including phenoxy) is 17. The molecule has 0 amide bonds. The first-order valence-corrected chi connectivity index (χ1v) is 30.5. The van der Waals surface area contributed by atoms with Gasteiger partial charge in [0.25, 0.3) is 0 Å². The number of carbonyl (C=O) groups is 6. The molecule has 0 aromatic heterocycles. The third-order valence-electron chi connectivity index (χ3n) is 16.1. The Labute approximate surface area is 562 Å². The summed E-state index contributed by atoms with van der Waals surface area (Å²) in [6, 6.07) is 14.8. The van der Waals surface area contributed by atoms with E-state index in [2.05, 4.69) is 0 Å². The van der Waals surface area contributed by atoms with E-state index in [4.69, 9.17) is 80.5 Å². The average Bonchev–Trinajstić information content (AvgIpc) is 1.71. The van der Waals surface area contributed by atoms with E-state index in [1.807, 2.05) is 0 Å². The Morgan fingerprint density at radius 2 is 0.929 bits per heavy atom. The fraction of sp³-hybridized carbons (Fsp3) is 0.556. The van der Waals surface area contributed by atoms with Crippen LogP contribution in [0.25, 0.3) is 12.2 Å². The Morgan fingerprint density at radius 3 is 1.42 bits per heavy atom. The third kappa shape index (κ3) is 18.7. The number of methoxy groups -OCH3 is 2. The predicted molar refractivity (Wildman–Crippen MR) is 320 cm³/mol. The molecule has 546 valence electrons. The van der Waals surface area contributed by atoms with Gasteiger partial charge in [-0.25, -0.2) is 14.4 Å². The maximum Gasteiger partial charge on any atom is 0.338 e. The van der Waals surface area contributed by atoms with Crippen LogP contribution in [-0.4, -0.2) is 303 Å². The van der Waals surface area contributed by atoms with Crippen molar-refractivity contribution in [3.05, 3.63) is 95.6 Å². The molecule has 3 aromatic carbocycles. The van der Waals surface area contributed by atoms with Gasteiger partial charge in [0.15, 0.2) is 66.5 Å². The van der Waals surface area contributed by atoms with Crippen molar-refractivity contribution in [3.8, 4) is 23.0 Å². The highest BCUT2D eigenvalue weighted by molar-refractivity contribution is 5.90. The maximum absolute atomic E-state index is 14.6. The summed E-state index contributed by atoms with van der Waals surface area (Å²) in [5, 5.41) is 144. The highest BCUT2D eigenvalue weighted by atomic mass is 16.8. The van der Waals surface area contributed by atoms with Crippen molar-refractivity contribution in [1.82, 2.24) is 0 Å².